The van der Waals surface area contributed by atoms with Crippen LogP contribution in [-0.2, 0) is 11.3 Å². The van der Waals surface area contributed by atoms with E-state index in [9.17, 15) is 4.79 Å². The summed E-state index contributed by atoms with van der Waals surface area (Å²) in [7, 11) is 1.87. The van der Waals surface area contributed by atoms with Crippen LogP contribution >= 0.6 is 0 Å². The fraction of sp³-hybridized carbons (Fsp3) is 0.200. The van der Waals surface area contributed by atoms with Gasteiger partial charge < -0.3 is 14.2 Å². The molecule has 20 heavy (non-hydrogen) atoms. The van der Waals surface area contributed by atoms with Crippen LogP contribution in [0.25, 0.3) is 0 Å². The largest absolute Gasteiger partial charge is 0.467 e. The Balaban J connectivity index is 2.04. The topological polar surface area (TPSA) is 60.5 Å². The molecule has 100 valence electrons. The van der Waals surface area contributed by atoms with Crippen molar-refractivity contribution in [2.45, 2.75) is 6.54 Å². The zero-order valence-electron chi connectivity index (χ0n) is 11.0. The van der Waals surface area contributed by atoms with Crippen molar-refractivity contribution >= 4 is 17.3 Å². The van der Waals surface area contributed by atoms with Crippen LogP contribution in [0.2, 0.25) is 0 Å². The molecule has 1 amide bonds. The average molecular weight is 267 g/mol. The van der Waals surface area contributed by atoms with Gasteiger partial charge in [-0.2, -0.15) is 5.26 Å². The fourth-order valence-electron chi connectivity index (χ4n) is 2.37. The lowest BCUT2D eigenvalue weighted by Crippen LogP contribution is -2.43. The molecule has 0 saturated carbocycles. The third-order valence-corrected chi connectivity index (χ3v) is 3.37. The highest BCUT2D eigenvalue weighted by molar-refractivity contribution is 6.03. The molecule has 2 aromatic rings. The van der Waals surface area contributed by atoms with E-state index in [0.717, 1.165) is 17.1 Å². The maximum Gasteiger partial charge on any atom is 0.246 e. The van der Waals surface area contributed by atoms with Gasteiger partial charge in [0.1, 0.15) is 5.76 Å². The highest BCUT2D eigenvalue weighted by Crippen LogP contribution is 2.34. The highest BCUT2D eigenvalue weighted by atomic mass is 16.3. The molecule has 1 aliphatic heterocycles. The molecule has 2 heterocycles. The predicted octanol–water partition coefficient (Wildman–Crippen LogP) is 2.13. The summed E-state index contributed by atoms with van der Waals surface area (Å²) in [6.45, 7) is 0.696. The summed E-state index contributed by atoms with van der Waals surface area (Å²) >= 11 is 0. The first-order valence-corrected chi connectivity index (χ1v) is 6.27. The number of carbonyl (C=O) groups is 1. The number of nitriles is 1. The summed E-state index contributed by atoms with van der Waals surface area (Å²) in [5, 5.41) is 9.03. The maximum atomic E-state index is 12.3. The van der Waals surface area contributed by atoms with Gasteiger partial charge in [0.2, 0.25) is 5.91 Å². The van der Waals surface area contributed by atoms with Gasteiger partial charge in [-0.05, 0) is 30.3 Å². The van der Waals surface area contributed by atoms with Gasteiger partial charge in [0.15, 0.2) is 0 Å². The number of benzene rings is 1. The lowest BCUT2D eigenvalue weighted by Gasteiger charge is -2.34. The fourth-order valence-corrected chi connectivity index (χ4v) is 2.37. The number of amides is 1. The van der Waals surface area contributed by atoms with Crippen molar-refractivity contribution in [1.82, 2.24) is 0 Å². The number of carbonyl (C=O) groups excluding carboxylic acids is 1. The molecule has 0 spiro atoms. The van der Waals surface area contributed by atoms with Crippen molar-refractivity contribution in [3.63, 3.8) is 0 Å². The minimum absolute atomic E-state index is 0.00788. The highest BCUT2D eigenvalue weighted by Gasteiger charge is 2.28. The second-order valence-electron chi connectivity index (χ2n) is 4.73. The van der Waals surface area contributed by atoms with Crippen LogP contribution in [0, 0.1) is 11.3 Å². The van der Waals surface area contributed by atoms with Crippen molar-refractivity contribution in [2.24, 2.45) is 0 Å². The van der Waals surface area contributed by atoms with Gasteiger partial charge in [0.05, 0.1) is 42.4 Å². The molecule has 1 aromatic heterocycles. The van der Waals surface area contributed by atoms with Gasteiger partial charge in [-0.25, -0.2) is 0 Å². The summed E-state index contributed by atoms with van der Waals surface area (Å²) in [5.74, 6) is 0.711. The summed E-state index contributed by atoms with van der Waals surface area (Å²) in [6, 6.07) is 11.1. The molecule has 0 unspecified atom stereocenters. The standard InChI is InChI=1S/C15H13N3O2/c1-17-10-15(19)18(9-12-3-2-6-20-12)14-7-11(8-16)4-5-13(14)17/h2-7H,9-10H2,1H3. The Bertz CT molecular complexity index is 686. The smallest absolute Gasteiger partial charge is 0.246 e. The Morgan fingerprint density at radius 1 is 1.35 bits per heavy atom. The molecule has 0 radical (unpaired) electrons. The van der Waals surface area contributed by atoms with E-state index >= 15 is 0 Å². The van der Waals surface area contributed by atoms with E-state index in [1.807, 2.05) is 24.1 Å². The van der Waals surface area contributed by atoms with Crippen LogP contribution in [0.1, 0.15) is 11.3 Å². The molecular weight excluding hydrogens is 254 g/mol. The number of hydrogen-bond donors (Lipinski definition) is 0. The second kappa shape index (κ2) is 4.74. The predicted molar refractivity (Wildman–Crippen MR) is 74.3 cm³/mol. The number of anilines is 2. The molecule has 0 saturated heterocycles. The maximum absolute atomic E-state index is 12.3. The number of likely N-dealkylation sites (N-methyl/N-ethyl adjacent to an activating group) is 1. The van der Waals surface area contributed by atoms with Crippen LogP contribution in [-0.4, -0.2) is 19.5 Å². The van der Waals surface area contributed by atoms with Crippen LogP contribution in [0.5, 0.6) is 0 Å². The summed E-state index contributed by atoms with van der Waals surface area (Å²) in [5.41, 5.74) is 2.23. The van der Waals surface area contributed by atoms with Gasteiger partial charge >= 0.3 is 0 Å². The molecule has 3 rings (SSSR count). The molecule has 1 aromatic carbocycles. The monoisotopic (exact) mass is 267 g/mol. The molecule has 5 nitrogen and oxygen atoms in total. The van der Waals surface area contributed by atoms with Crippen LogP contribution in [0.15, 0.2) is 41.0 Å². The van der Waals surface area contributed by atoms with Gasteiger partial charge in [-0.1, -0.05) is 0 Å². The quantitative estimate of drug-likeness (QED) is 0.836. The minimum atomic E-state index is -0.00788. The first-order chi connectivity index (χ1) is 9.69. The first kappa shape index (κ1) is 12.3. The lowest BCUT2D eigenvalue weighted by molar-refractivity contribution is -0.117. The van der Waals surface area contributed by atoms with Gasteiger partial charge in [-0.15, -0.1) is 0 Å². The normalized spacial score (nSPS) is 14.1. The van der Waals surface area contributed by atoms with E-state index in [2.05, 4.69) is 6.07 Å². The van der Waals surface area contributed by atoms with Gasteiger partial charge in [0, 0.05) is 7.05 Å². The zero-order chi connectivity index (χ0) is 14.1. The SMILES string of the molecule is CN1CC(=O)N(Cc2ccco2)c2cc(C#N)ccc21. The van der Waals surface area contributed by atoms with Crippen LogP contribution in [0.3, 0.4) is 0 Å². The van der Waals surface area contributed by atoms with E-state index < -0.39 is 0 Å². The summed E-state index contributed by atoms with van der Waals surface area (Å²) in [6.07, 6.45) is 1.59. The van der Waals surface area contributed by atoms with Gasteiger partial charge in [0.25, 0.3) is 0 Å². The first-order valence-electron chi connectivity index (χ1n) is 6.27. The van der Waals surface area contributed by atoms with Gasteiger partial charge in [-0.3, -0.25) is 4.79 Å². The number of hydrogen-bond acceptors (Lipinski definition) is 4. The Labute approximate surface area is 116 Å². The Morgan fingerprint density at radius 2 is 2.20 bits per heavy atom. The Morgan fingerprint density at radius 3 is 2.90 bits per heavy atom. The summed E-state index contributed by atoms with van der Waals surface area (Å²) < 4.78 is 5.31. The molecule has 1 aliphatic rings. The van der Waals surface area contributed by atoms with Crippen molar-refractivity contribution in [3.8, 4) is 6.07 Å². The molecule has 0 bridgehead atoms. The molecular formula is C15H13N3O2. The number of furan rings is 1. The van der Waals surface area contributed by atoms with Crippen LogP contribution in [0.4, 0.5) is 11.4 Å². The second-order valence-corrected chi connectivity index (χ2v) is 4.73. The third kappa shape index (κ3) is 2.01. The van der Waals surface area contributed by atoms with Crippen molar-refractivity contribution in [1.29, 1.82) is 5.26 Å². The Hall–Kier alpha value is -2.74. The van der Waals surface area contributed by atoms with E-state index in [0.29, 0.717) is 18.7 Å². The zero-order valence-corrected chi connectivity index (χ0v) is 11.0. The number of rotatable bonds is 2. The van der Waals surface area contributed by atoms with E-state index in [-0.39, 0.29) is 5.91 Å². The number of fused-ring (bicyclic) bond motifs is 1. The third-order valence-electron chi connectivity index (χ3n) is 3.37. The van der Waals surface area contributed by atoms with E-state index in [1.54, 1.807) is 29.4 Å². The number of nitrogens with zero attached hydrogens (tertiary/aromatic N) is 3. The molecule has 0 aliphatic carbocycles. The van der Waals surface area contributed by atoms with Crippen molar-refractivity contribution in [2.75, 3.05) is 23.4 Å². The molecule has 0 atom stereocenters. The summed E-state index contributed by atoms with van der Waals surface area (Å²) in [4.78, 5) is 15.8. The molecule has 5 heteroatoms. The minimum Gasteiger partial charge on any atom is -0.467 e. The lowest BCUT2D eigenvalue weighted by atomic mass is 10.1. The van der Waals surface area contributed by atoms with Crippen molar-refractivity contribution < 1.29 is 9.21 Å². The van der Waals surface area contributed by atoms with Crippen molar-refractivity contribution in [3.05, 3.63) is 47.9 Å². The van der Waals surface area contributed by atoms with E-state index in [4.69, 9.17) is 9.68 Å². The van der Waals surface area contributed by atoms with E-state index in [1.165, 1.54) is 0 Å². The molecule has 0 fully saturated rings. The Kier molecular flexibility index (Phi) is 2.92. The average Bonchev–Trinajstić information content (AvgIpc) is 2.95. The molecule has 0 N–H and O–H groups in total. The van der Waals surface area contributed by atoms with Crippen LogP contribution < -0.4 is 9.80 Å².